The maximum atomic E-state index is 14.0. The molecule has 2 atom stereocenters. The van der Waals surface area contributed by atoms with E-state index in [1.807, 2.05) is 30.3 Å². The fraction of sp³-hybridized carbons (Fsp3) is 0.333. The molecule has 1 fully saturated rings. The topological polar surface area (TPSA) is 41.5 Å². The molecule has 2 aromatic carbocycles. The second kappa shape index (κ2) is 6.57. The minimum absolute atomic E-state index is 0.177. The van der Waals surface area contributed by atoms with Gasteiger partial charge in [-0.3, -0.25) is 0 Å². The summed E-state index contributed by atoms with van der Waals surface area (Å²) in [6.45, 7) is 1.85. The van der Waals surface area contributed by atoms with Crippen molar-refractivity contribution in [1.82, 2.24) is 5.32 Å². The van der Waals surface area contributed by atoms with Gasteiger partial charge in [-0.2, -0.15) is 0 Å². The van der Waals surface area contributed by atoms with E-state index >= 15 is 0 Å². The lowest BCUT2D eigenvalue weighted by atomic mass is 9.82. The van der Waals surface area contributed by atoms with E-state index in [-0.39, 0.29) is 12.2 Å². The lowest BCUT2D eigenvalue weighted by molar-refractivity contribution is -0.124. The Hall–Kier alpha value is -1.75. The number of hydrogen-bond donors (Lipinski definition) is 2. The van der Waals surface area contributed by atoms with Crippen molar-refractivity contribution in [1.29, 1.82) is 0 Å². The van der Waals surface area contributed by atoms with Crippen LogP contribution in [0.25, 0.3) is 0 Å². The lowest BCUT2D eigenvalue weighted by Crippen LogP contribution is -2.52. The Kier molecular flexibility index (Phi) is 4.52. The van der Waals surface area contributed by atoms with Crippen LogP contribution in [0, 0.1) is 5.82 Å². The number of nitrogens with one attached hydrogen (secondary N) is 1. The monoisotopic (exact) mass is 301 g/mol. The molecule has 0 spiro atoms. The smallest absolute Gasteiger partial charge is 0.126 e. The van der Waals surface area contributed by atoms with E-state index in [9.17, 15) is 9.50 Å². The first kappa shape index (κ1) is 15.2. The minimum atomic E-state index is -1.27. The molecule has 0 saturated carbocycles. The maximum Gasteiger partial charge on any atom is 0.126 e. The van der Waals surface area contributed by atoms with Gasteiger partial charge >= 0.3 is 0 Å². The number of aliphatic hydroxyl groups is 1. The standard InChI is InChI=1S/C18H20FNO2/c19-16-9-5-4-6-14(16)12-18(21,15-7-2-1-3-8-15)17-13-20-10-11-22-17/h1-9,17,20-21H,10-13H2/t17-,18+/m1/s1. The average Bonchev–Trinajstić information content (AvgIpc) is 2.58. The van der Waals surface area contributed by atoms with Crippen molar-refractivity contribution in [3.8, 4) is 0 Å². The fourth-order valence-corrected chi connectivity index (χ4v) is 2.93. The van der Waals surface area contributed by atoms with Crippen molar-refractivity contribution in [3.05, 3.63) is 71.5 Å². The molecular formula is C18H20FNO2. The molecule has 0 aliphatic carbocycles. The van der Waals surface area contributed by atoms with Gasteiger partial charge in [0.2, 0.25) is 0 Å². The molecule has 116 valence electrons. The third-order valence-electron chi connectivity index (χ3n) is 4.15. The molecule has 1 saturated heterocycles. The van der Waals surface area contributed by atoms with E-state index in [2.05, 4.69) is 5.32 Å². The van der Waals surface area contributed by atoms with E-state index < -0.39 is 11.7 Å². The second-order valence-electron chi connectivity index (χ2n) is 5.62. The zero-order valence-corrected chi connectivity index (χ0v) is 12.3. The Morgan fingerprint density at radius 1 is 1.14 bits per heavy atom. The summed E-state index contributed by atoms with van der Waals surface area (Å²) in [5, 5.41) is 14.6. The highest BCUT2D eigenvalue weighted by molar-refractivity contribution is 5.29. The van der Waals surface area contributed by atoms with E-state index in [1.165, 1.54) is 6.07 Å². The number of halogens is 1. The molecule has 0 amide bonds. The molecule has 0 bridgehead atoms. The van der Waals surface area contributed by atoms with E-state index in [0.717, 1.165) is 12.1 Å². The second-order valence-corrected chi connectivity index (χ2v) is 5.62. The molecule has 4 heteroatoms. The Balaban J connectivity index is 1.97. The Bertz CT molecular complexity index is 613. The van der Waals surface area contributed by atoms with Crippen LogP contribution in [0.4, 0.5) is 4.39 Å². The van der Waals surface area contributed by atoms with Crippen molar-refractivity contribution < 1.29 is 14.2 Å². The molecular weight excluding hydrogens is 281 g/mol. The number of morpholine rings is 1. The number of hydrogen-bond acceptors (Lipinski definition) is 3. The van der Waals surface area contributed by atoms with Crippen molar-refractivity contribution in [2.45, 2.75) is 18.1 Å². The first-order valence-corrected chi connectivity index (χ1v) is 7.54. The summed E-state index contributed by atoms with van der Waals surface area (Å²) in [4.78, 5) is 0. The summed E-state index contributed by atoms with van der Waals surface area (Å²) in [6.07, 6.45) is -0.237. The zero-order chi connectivity index (χ0) is 15.4. The Morgan fingerprint density at radius 3 is 2.55 bits per heavy atom. The van der Waals surface area contributed by atoms with Crippen molar-refractivity contribution in [2.24, 2.45) is 0 Å². The number of rotatable bonds is 4. The minimum Gasteiger partial charge on any atom is -0.382 e. The van der Waals surface area contributed by atoms with Crippen LogP contribution < -0.4 is 5.32 Å². The van der Waals surface area contributed by atoms with Crippen LogP contribution in [0.5, 0.6) is 0 Å². The average molecular weight is 301 g/mol. The van der Waals surface area contributed by atoms with Gasteiger partial charge in [-0.25, -0.2) is 4.39 Å². The molecule has 1 heterocycles. The van der Waals surface area contributed by atoms with Crippen LogP contribution in [-0.2, 0) is 16.8 Å². The van der Waals surface area contributed by atoms with Gasteiger partial charge in [0.25, 0.3) is 0 Å². The number of benzene rings is 2. The first-order valence-electron chi connectivity index (χ1n) is 7.54. The van der Waals surface area contributed by atoms with Gasteiger partial charge in [0, 0.05) is 19.5 Å². The largest absolute Gasteiger partial charge is 0.382 e. The van der Waals surface area contributed by atoms with Gasteiger partial charge < -0.3 is 15.2 Å². The highest BCUT2D eigenvalue weighted by Crippen LogP contribution is 2.32. The lowest BCUT2D eigenvalue weighted by Gasteiger charge is -2.39. The molecule has 2 aromatic rings. The van der Waals surface area contributed by atoms with Gasteiger partial charge in [-0.15, -0.1) is 0 Å². The third-order valence-corrected chi connectivity index (χ3v) is 4.15. The molecule has 22 heavy (non-hydrogen) atoms. The molecule has 0 unspecified atom stereocenters. The Morgan fingerprint density at radius 2 is 1.86 bits per heavy atom. The quantitative estimate of drug-likeness (QED) is 0.910. The van der Waals surface area contributed by atoms with E-state index in [0.29, 0.717) is 18.7 Å². The van der Waals surface area contributed by atoms with Crippen molar-refractivity contribution >= 4 is 0 Å². The van der Waals surface area contributed by atoms with Gasteiger partial charge in [0.1, 0.15) is 17.5 Å². The predicted octanol–water partition coefficient (Wildman–Crippen LogP) is 2.24. The normalized spacial score (nSPS) is 21.3. The molecule has 0 aromatic heterocycles. The van der Waals surface area contributed by atoms with Gasteiger partial charge in [0.05, 0.1) is 6.61 Å². The number of ether oxygens (including phenoxy) is 1. The summed E-state index contributed by atoms with van der Waals surface area (Å²) in [5.74, 6) is -0.305. The zero-order valence-electron chi connectivity index (χ0n) is 12.3. The molecule has 3 nitrogen and oxygen atoms in total. The van der Waals surface area contributed by atoms with Crippen LogP contribution >= 0.6 is 0 Å². The van der Waals surface area contributed by atoms with Crippen LogP contribution in [0.2, 0.25) is 0 Å². The maximum absolute atomic E-state index is 14.0. The molecule has 1 aliphatic rings. The van der Waals surface area contributed by atoms with Crippen LogP contribution in [0.15, 0.2) is 54.6 Å². The summed E-state index contributed by atoms with van der Waals surface area (Å²) in [7, 11) is 0. The highest BCUT2D eigenvalue weighted by atomic mass is 19.1. The van der Waals surface area contributed by atoms with Crippen LogP contribution in [0.3, 0.4) is 0 Å². The Labute approximate surface area is 129 Å². The summed E-state index contributed by atoms with van der Waals surface area (Å²) < 4.78 is 19.8. The van der Waals surface area contributed by atoms with E-state index in [4.69, 9.17) is 4.74 Å². The van der Waals surface area contributed by atoms with E-state index in [1.54, 1.807) is 18.2 Å². The van der Waals surface area contributed by atoms with Gasteiger partial charge in [-0.1, -0.05) is 48.5 Å². The third kappa shape index (κ3) is 3.04. The van der Waals surface area contributed by atoms with Gasteiger partial charge in [-0.05, 0) is 17.2 Å². The molecule has 2 N–H and O–H groups in total. The van der Waals surface area contributed by atoms with Crippen molar-refractivity contribution in [2.75, 3.05) is 19.7 Å². The molecule has 0 radical (unpaired) electrons. The van der Waals surface area contributed by atoms with Crippen LogP contribution in [-0.4, -0.2) is 30.9 Å². The summed E-state index contributed by atoms with van der Waals surface area (Å²) in [6, 6.07) is 15.9. The fourth-order valence-electron chi connectivity index (χ4n) is 2.93. The predicted molar refractivity (Wildman–Crippen MR) is 83.1 cm³/mol. The molecule has 1 aliphatic heterocycles. The van der Waals surface area contributed by atoms with Crippen molar-refractivity contribution in [3.63, 3.8) is 0 Å². The summed E-state index contributed by atoms with van der Waals surface area (Å²) in [5.41, 5.74) is -0.0355. The van der Waals surface area contributed by atoms with Gasteiger partial charge in [0.15, 0.2) is 0 Å². The first-order chi connectivity index (χ1) is 10.7. The van der Waals surface area contributed by atoms with Crippen LogP contribution in [0.1, 0.15) is 11.1 Å². The molecule has 3 rings (SSSR count). The summed E-state index contributed by atoms with van der Waals surface area (Å²) >= 11 is 0. The SMILES string of the molecule is O[C@@](Cc1ccccc1F)(c1ccccc1)[C@H]1CNCCO1. The highest BCUT2D eigenvalue weighted by Gasteiger charge is 2.40.